The van der Waals surface area contributed by atoms with Crippen molar-refractivity contribution < 1.29 is 0 Å². The largest absolute Gasteiger partial charge is 0.310 e. The van der Waals surface area contributed by atoms with Crippen LogP contribution in [0.4, 0.5) is 17.1 Å². The lowest BCUT2D eigenvalue weighted by Gasteiger charge is -2.41. The summed E-state index contributed by atoms with van der Waals surface area (Å²) in [6.45, 7) is 18.8. The van der Waals surface area contributed by atoms with Crippen LogP contribution in [0.1, 0.15) is 111 Å². The molecule has 4 aliphatic rings. The van der Waals surface area contributed by atoms with Gasteiger partial charge in [-0.2, -0.15) is 0 Å². The number of anilines is 3. The maximum atomic E-state index is 2.52. The maximum absolute atomic E-state index is 2.52. The molecule has 1 spiro atoms. The van der Waals surface area contributed by atoms with E-state index in [1.165, 1.54) is 115 Å². The van der Waals surface area contributed by atoms with Crippen LogP contribution in [0.3, 0.4) is 0 Å². The zero-order chi connectivity index (χ0) is 40.4. The van der Waals surface area contributed by atoms with E-state index in [1.54, 1.807) is 0 Å². The molecule has 0 radical (unpaired) electrons. The number of benzene rings is 6. The van der Waals surface area contributed by atoms with Crippen LogP contribution in [-0.4, -0.2) is 0 Å². The van der Waals surface area contributed by atoms with Crippen molar-refractivity contribution in [2.45, 2.75) is 77.0 Å². The Balaban J connectivity index is 1.14. The summed E-state index contributed by atoms with van der Waals surface area (Å²) in [6, 6.07) is 45.2. The van der Waals surface area contributed by atoms with E-state index in [9.17, 15) is 0 Å². The monoisotopic (exact) mass is 797 g/mol. The van der Waals surface area contributed by atoms with Gasteiger partial charge in [-0.15, -0.1) is 22.7 Å². The van der Waals surface area contributed by atoms with E-state index in [1.807, 2.05) is 22.7 Å². The second kappa shape index (κ2) is 11.6. The Morgan fingerprint density at radius 2 is 1.00 bits per heavy atom. The highest BCUT2D eigenvalue weighted by Crippen LogP contribution is 2.68. The molecule has 12 rings (SSSR count). The summed E-state index contributed by atoms with van der Waals surface area (Å²) < 4.78 is 0. The number of hydrogen-bond acceptors (Lipinski definition) is 3. The lowest BCUT2D eigenvalue weighted by molar-refractivity contribution is 0.590. The van der Waals surface area contributed by atoms with Crippen molar-refractivity contribution >= 4 is 62.7 Å². The fraction of sp³-hybridized carbons (Fsp3) is 0.214. The first kappa shape index (κ1) is 35.5. The first-order chi connectivity index (χ1) is 28.3. The molecule has 288 valence electrons. The summed E-state index contributed by atoms with van der Waals surface area (Å²) >= 11 is 3.81. The molecule has 59 heavy (non-hydrogen) atoms. The average molecular weight is 798 g/mol. The van der Waals surface area contributed by atoms with Gasteiger partial charge in [-0.25, -0.2) is 0 Å². The Kier molecular flexibility index (Phi) is 6.99. The molecule has 1 nitrogen and oxygen atoms in total. The number of fused-ring (bicyclic) bond motifs is 13. The van der Waals surface area contributed by atoms with E-state index < -0.39 is 0 Å². The van der Waals surface area contributed by atoms with Gasteiger partial charge in [0.25, 0.3) is 0 Å². The molecule has 0 saturated heterocycles. The van der Waals surface area contributed by atoms with Crippen LogP contribution in [0.25, 0.3) is 54.9 Å². The minimum atomic E-state index is -0.384. The van der Waals surface area contributed by atoms with Gasteiger partial charge in [0.05, 0.1) is 11.1 Å². The predicted octanol–water partition coefficient (Wildman–Crippen LogP) is 16.2. The zero-order valence-electron chi connectivity index (χ0n) is 35.0. The normalized spacial score (nSPS) is 15.7. The first-order valence-corrected chi connectivity index (χ1v) is 22.8. The van der Waals surface area contributed by atoms with Crippen LogP contribution >= 0.6 is 22.7 Å². The topological polar surface area (TPSA) is 3.24 Å². The summed E-state index contributed by atoms with van der Waals surface area (Å²) in [5, 5.41) is 7.47. The Labute approximate surface area is 356 Å². The molecule has 6 aromatic carbocycles. The van der Waals surface area contributed by atoms with Crippen molar-refractivity contribution in [3.63, 3.8) is 0 Å². The van der Waals surface area contributed by atoms with Gasteiger partial charge in [0.15, 0.2) is 0 Å². The van der Waals surface area contributed by atoms with Gasteiger partial charge in [0.1, 0.15) is 0 Å². The van der Waals surface area contributed by atoms with Crippen molar-refractivity contribution in [2.24, 2.45) is 0 Å². The van der Waals surface area contributed by atoms with Crippen LogP contribution < -0.4 is 4.90 Å². The molecule has 0 N–H and O–H groups in total. The quantitative estimate of drug-likeness (QED) is 0.172. The van der Waals surface area contributed by atoms with E-state index >= 15 is 0 Å². The van der Waals surface area contributed by atoms with Gasteiger partial charge >= 0.3 is 0 Å². The molecule has 2 aromatic heterocycles. The average Bonchev–Trinajstić information content (AvgIpc) is 4.05. The first-order valence-electron chi connectivity index (χ1n) is 21.1. The van der Waals surface area contributed by atoms with Gasteiger partial charge in [-0.1, -0.05) is 140 Å². The van der Waals surface area contributed by atoms with E-state index in [4.69, 9.17) is 0 Å². The SMILES string of the molecule is CC(C)(C)c1ccc(N(c2ccc(C(C)(C)C)cc2)c2cccc3c2C(C)(C)c2c-3ccc3c2-c2ccc4c5c(ccc(c25)C32c3ccsc3-c3sccc32)C=C4)cc1. The van der Waals surface area contributed by atoms with Crippen LogP contribution in [0, 0.1) is 0 Å². The third kappa shape index (κ3) is 4.50. The highest BCUT2D eigenvalue weighted by atomic mass is 32.1. The Hall–Kier alpha value is -5.48. The van der Waals surface area contributed by atoms with Gasteiger partial charge in [0.2, 0.25) is 0 Å². The highest BCUT2D eigenvalue weighted by molar-refractivity contribution is 7.21. The van der Waals surface area contributed by atoms with Crippen LogP contribution in [0.2, 0.25) is 0 Å². The van der Waals surface area contributed by atoms with E-state index in [-0.39, 0.29) is 21.7 Å². The molecule has 0 unspecified atom stereocenters. The second-order valence-corrected chi connectivity index (χ2v) is 21.6. The standard InChI is InChI=1S/C56H47NS2/c1-53(2,3)34-16-20-36(21-17-34)57(37-22-18-35(19-23-37)54(4,5)6)45-11-9-10-38-39-25-27-42-48(50(39)55(7,8)49(38)45)40-24-14-32-12-13-33-15-26-41(47(40)46(32)33)56(42)43-28-30-58-51(43)52-44(56)29-31-59-52/h9-31H,1-8H3. The van der Waals surface area contributed by atoms with Crippen molar-refractivity contribution in [2.75, 3.05) is 4.90 Å². The van der Waals surface area contributed by atoms with Crippen molar-refractivity contribution in [1.29, 1.82) is 0 Å². The van der Waals surface area contributed by atoms with Gasteiger partial charge < -0.3 is 4.90 Å². The van der Waals surface area contributed by atoms with E-state index in [0.717, 1.165) is 0 Å². The molecule has 0 atom stereocenters. The molecule has 3 heteroatoms. The predicted molar refractivity (Wildman–Crippen MR) is 255 cm³/mol. The van der Waals surface area contributed by atoms with Crippen molar-refractivity contribution in [1.82, 2.24) is 0 Å². The van der Waals surface area contributed by atoms with Crippen LogP contribution in [0.15, 0.2) is 126 Å². The third-order valence-electron chi connectivity index (χ3n) is 14.1. The summed E-state index contributed by atoms with van der Waals surface area (Å²) in [4.78, 5) is 5.39. The lowest BCUT2D eigenvalue weighted by atomic mass is 9.60. The molecule has 0 bridgehead atoms. The molecule has 4 aliphatic carbocycles. The molecular formula is C56H47NS2. The van der Waals surface area contributed by atoms with Crippen LogP contribution in [-0.2, 0) is 21.7 Å². The Morgan fingerprint density at radius 1 is 0.475 bits per heavy atom. The lowest BCUT2D eigenvalue weighted by Crippen LogP contribution is -2.33. The van der Waals surface area contributed by atoms with Crippen molar-refractivity contribution in [3.8, 4) is 32.0 Å². The number of rotatable bonds is 3. The fourth-order valence-electron chi connectivity index (χ4n) is 11.4. The van der Waals surface area contributed by atoms with Gasteiger partial charge in [-0.3, -0.25) is 0 Å². The molecule has 0 aliphatic heterocycles. The molecule has 0 fully saturated rings. The molecule has 2 heterocycles. The minimum Gasteiger partial charge on any atom is -0.310 e. The van der Waals surface area contributed by atoms with E-state index in [0.29, 0.717) is 0 Å². The second-order valence-electron chi connectivity index (χ2n) is 19.7. The maximum Gasteiger partial charge on any atom is 0.0742 e. The van der Waals surface area contributed by atoms with E-state index in [2.05, 4.69) is 198 Å². The summed E-state index contributed by atoms with van der Waals surface area (Å²) in [6.07, 6.45) is 4.64. The zero-order valence-corrected chi connectivity index (χ0v) is 36.7. The molecule has 8 aromatic rings. The van der Waals surface area contributed by atoms with Gasteiger partial charge in [0, 0.05) is 26.5 Å². The third-order valence-corrected chi connectivity index (χ3v) is 16.1. The van der Waals surface area contributed by atoms with Crippen LogP contribution in [0.5, 0.6) is 0 Å². The molecular weight excluding hydrogens is 751 g/mol. The smallest absolute Gasteiger partial charge is 0.0742 e. The number of nitrogens with zero attached hydrogens (tertiary/aromatic N) is 1. The summed E-state index contributed by atoms with van der Waals surface area (Å²) in [5.41, 5.74) is 22.4. The number of thiophene rings is 2. The fourth-order valence-corrected chi connectivity index (χ4v) is 13.5. The van der Waals surface area contributed by atoms with Crippen molar-refractivity contribution in [3.05, 3.63) is 182 Å². The Morgan fingerprint density at radius 3 is 1.58 bits per heavy atom. The van der Waals surface area contributed by atoms with Gasteiger partial charge in [-0.05, 0) is 153 Å². The number of hydrogen-bond donors (Lipinski definition) is 0. The molecule has 0 amide bonds. The highest BCUT2D eigenvalue weighted by Gasteiger charge is 2.54. The minimum absolute atomic E-state index is 0.0667. The summed E-state index contributed by atoms with van der Waals surface area (Å²) in [5.74, 6) is 0. The molecule has 0 saturated carbocycles. The summed E-state index contributed by atoms with van der Waals surface area (Å²) in [7, 11) is 0. The Bertz CT molecular complexity index is 3020.